The molecule has 2 aromatic heterocycles. The number of carbonyl (C=O) groups excluding carboxylic acids is 1. The molecule has 2 rings (SSSR count). The summed E-state index contributed by atoms with van der Waals surface area (Å²) in [6, 6.07) is 6.96. The molecule has 0 saturated carbocycles. The number of nitrogens with zero attached hydrogens (tertiary/aromatic N) is 3. The molecule has 0 spiro atoms. The van der Waals surface area contributed by atoms with Crippen molar-refractivity contribution in [1.29, 1.82) is 0 Å². The molecule has 0 amide bonds. The highest BCUT2D eigenvalue weighted by molar-refractivity contribution is 7.77. The fourth-order valence-corrected chi connectivity index (χ4v) is 3.06. The zero-order valence-corrected chi connectivity index (χ0v) is 14.8. The van der Waals surface area contributed by atoms with Crippen LogP contribution in [0, 0.1) is 0 Å². The van der Waals surface area contributed by atoms with E-state index in [-0.39, 0.29) is 5.78 Å². The third-order valence-electron chi connectivity index (χ3n) is 3.27. The summed E-state index contributed by atoms with van der Waals surface area (Å²) in [7, 11) is 3.94. The Morgan fingerprint density at radius 1 is 1.43 bits per heavy atom. The van der Waals surface area contributed by atoms with E-state index in [1.54, 1.807) is 6.08 Å². The highest BCUT2D eigenvalue weighted by Gasteiger charge is 2.28. The Morgan fingerprint density at radius 3 is 2.65 bits per heavy atom. The van der Waals surface area contributed by atoms with Crippen molar-refractivity contribution in [2.24, 2.45) is 4.99 Å². The minimum absolute atomic E-state index is 0.0413. The summed E-state index contributed by atoms with van der Waals surface area (Å²) in [4.78, 5) is 19.8. The monoisotopic (exact) mass is 345 g/mol. The first-order valence-corrected chi connectivity index (χ1v) is 8.41. The van der Waals surface area contributed by atoms with Crippen molar-refractivity contribution in [2.45, 2.75) is 6.04 Å². The van der Waals surface area contributed by atoms with Gasteiger partial charge in [-0.25, -0.2) is 0 Å². The van der Waals surface area contributed by atoms with Gasteiger partial charge in [0.05, 0.1) is 11.4 Å². The topological polar surface area (TPSA) is 36.6 Å². The number of ketones is 1. The quantitative estimate of drug-likeness (QED) is 0.193. The second-order valence-electron chi connectivity index (χ2n) is 5.11. The molecule has 0 N–H and O–H groups in total. The molecule has 0 aromatic carbocycles. The molecule has 2 heterocycles. The lowest BCUT2D eigenvalue weighted by molar-refractivity contribution is -0.691. The van der Waals surface area contributed by atoms with Gasteiger partial charge in [0.15, 0.2) is 12.4 Å². The number of aromatic nitrogens is 1. The molecule has 120 valence electrons. The molecule has 0 aliphatic heterocycles. The molecule has 4 nitrogen and oxygen atoms in total. The van der Waals surface area contributed by atoms with Gasteiger partial charge in [0, 0.05) is 31.9 Å². The molecular formula is C17H19N3OS2. The number of thiophene rings is 1. The van der Waals surface area contributed by atoms with Gasteiger partial charge in [-0.2, -0.15) is 4.57 Å². The van der Waals surface area contributed by atoms with Crippen LogP contribution in [-0.2, 0) is 12.6 Å². The van der Waals surface area contributed by atoms with E-state index in [4.69, 9.17) is 12.6 Å². The zero-order chi connectivity index (χ0) is 16.8. The van der Waals surface area contributed by atoms with E-state index in [1.165, 1.54) is 11.3 Å². The smallest absolute Gasteiger partial charge is 0.244 e. The Kier molecular flexibility index (Phi) is 6.01. The number of hydrogen-bond donors (Lipinski definition) is 0. The fourth-order valence-electron chi connectivity index (χ4n) is 2.07. The maximum Gasteiger partial charge on any atom is 0.244 e. The molecule has 0 saturated heterocycles. The van der Waals surface area contributed by atoms with E-state index in [2.05, 4.69) is 11.6 Å². The normalized spacial score (nSPS) is 12.7. The maximum atomic E-state index is 12.8. The van der Waals surface area contributed by atoms with Gasteiger partial charge in [-0.1, -0.05) is 12.1 Å². The van der Waals surface area contributed by atoms with Crippen LogP contribution in [0.5, 0.6) is 0 Å². The third kappa shape index (κ3) is 4.24. The molecule has 6 heteroatoms. The van der Waals surface area contributed by atoms with Crippen LogP contribution in [0.1, 0.15) is 15.7 Å². The van der Waals surface area contributed by atoms with Gasteiger partial charge in [-0.3, -0.25) is 4.79 Å². The van der Waals surface area contributed by atoms with E-state index in [9.17, 15) is 4.79 Å². The van der Waals surface area contributed by atoms with Crippen LogP contribution in [0.4, 0.5) is 5.69 Å². The van der Waals surface area contributed by atoms with Gasteiger partial charge in [0.2, 0.25) is 11.8 Å². The van der Waals surface area contributed by atoms with Gasteiger partial charge in [0.25, 0.3) is 0 Å². The minimum atomic E-state index is -0.611. The zero-order valence-electron chi connectivity index (χ0n) is 13.2. The molecule has 0 aliphatic carbocycles. The van der Waals surface area contributed by atoms with Gasteiger partial charge in [0.1, 0.15) is 0 Å². The molecule has 0 fully saturated rings. The van der Waals surface area contributed by atoms with E-state index >= 15 is 0 Å². The summed E-state index contributed by atoms with van der Waals surface area (Å²) in [5, 5.41) is 2.25. The van der Waals surface area contributed by atoms with Crippen molar-refractivity contribution in [3.8, 4) is 0 Å². The Labute approximate surface area is 146 Å². The molecule has 23 heavy (non-hydrogen) atoms. The lowest BCUT2D eigenvalue weighted by Crippen LogP contribution is -2.47. The number of pyridine rings is 1. The van der Waals surface area contributed by atoms with Crippen LogP contribution in [0.15, 0.2) is 59.7 Å². The van der Waals surface area contributed by atoms with Crippen molar-refractivity contribution in [1.82, 2.24) is 0 Å². The largest absolute Gasteiger partial charge is 0.758 e. The first-order valence-electron chi connectivity index (χ1n) is 7.12. The van der Waals surface area contributed by atoms with Gasteiger partial charge < -0.3 is 22.5 Å². The minimum Gasteiger partial charge on any atom is -0.758 e. The Balaban J connectivity index is 2.40. The molecule has 0 unspecified atom stereocenters. The number of anilines is 1. The molecule has 0 bridgehead atoms. The average Bonchev–Trinajstić information content (AvgIpc) is 3.08. The second-order valence-corrected chi connectivity index (χ2v) is 6.48. The fraction of sp³-hybridized carbons (Fsp3) is 0.235. The van der Waals surface area contributed by atoms with Gasteiger partial charge in [-0.05, 0) is 16.5 Å². The Hall–Kier alpha value is -2.05. The van der Waals surface area contributed by atoms with Crippen LogP contribution >= 0.6 is 11.3 Å². The van der Waals surface area contributed by atoms with Crippen molar-refractivity contribution in [3.05, 3.63) is 59.6 Å². The number of Topliss-reactive ketones (excluding diaryl/α,β-unsaturated/α-hetero) is 1. The molecular weight excluding hydrogens is 326 g/mol. The summed E-state index contributed by atoms with van der Waals surface area (Å²) >= 11 is 6.81. The molecule has 0 aliphatic rings. The summed E-state index contributed by atoms with van der Waals surface area (Å²) in [6.45, 7) is 4.05. The van der Waals surface area contributed by atoms with Gasteiger partial charge >= 0.3 is 0 Å². The summed E-state index contributed by atoms with van der Waals surface area (Å²) < 4.78 is 1.81. The number of hydrogen-bond acceptors (Lipinski definition) is 5. The SMILES string of the molecule is C=CCN=C([S-])[C@H](C(=O)c1cccs1)[n+]1ccc(N(C)C)cc1. The Morgan fingerprint density at radius 2 is 2.13 bits per heavy atom. The Bertz CT molecular complexity index is 691. The summed E-state index contributed by atoms with van der Waals surface area (Å²) in [6.07, 6.45) is 5.39. The summed E-state index contributed by atoms with van der Waals surface area (Å²) in [5.41, 5.74) is 1.05. The van der Waals surface area contributed by atoms with Crippen molar-refractivity contribution in [3.63, 3.8) is 0 Å². The van der Waals surface area contributed by atoms with Crippen molar-refractivity contribution >= 4 is 40.5 Å². The molecule has 1 atom stereocenters. The predicted octanol–water partition coefficient (Wildman–Crippen LogP) is 2.66. The van der Waals surface area contributed by atoms with E-state index < -0.39 is 6.04 Å². The maximum absolute atomic E-state index is 12.8. The molecule has 2 aromatic rings. The van der Waals surface area contributed by atoms with Crippen LogP contribution in [0.2, 0.25) is 0 Å². The first-order chi connectivity index (χ1) is 11.0. The molecule has 0 radical (unpaired) electrons. The first kappa shape index (κ1) is 17.3. The highest BCUT2D eigenvalue weighted by atomic mass is 32.1. The predicted molar refractivity (Wildman–Crippen MR) is 98.5 cm³/mol. The number of carbonyl (C=O) groups is 1. The number of aliphatic imine (C=N–C) groups is 1. The van der Waals surface area contributed by atoms with Gasteiger partial charge in [-0.15, -0.1) is 17.9 Å². The lowest BCUT2D eigenvalue weighted by Gasteiger charge is -2.18. The highest BCUT2D eigenvalue weighted by Crippen LogP contribution is 2.17. The lowest BCUT2D eigenvalue weighted by atomic mass is 10.1. The standard InChI is InChI=1S/C17H19N3OS2/c1-4-9-18-17(22)15(16(21)14-6-5-12-23-14)20-10-7-13(8-11-20)19(2)3/h4-8,10-12,15H,1,9H2,2-3H3/t15-/m0/s1. The van der Waals surface area contributed by atoms with E-state index in [0.717, 1.165) is 5.69 Å². The second kappa shape index (κ2) is 7.99. The average molecular weight is 345 g/mol. The van der Waals surface area contributed by atoms with Crippen LogP contribution in [-0.4, -0.2) is 31.5 Å². The van der Waals surface area contributed by atoms with E-state index in [1.807, 2.05) is 65.6 Å². The van der Waals surface area contributed by atoms with Crippen LogP contribution in [0.25, 0.3) is 0 Å². The van der Waals surface area contributed by atoms with Crippen LogP contribution < -0.4 is 9.47 Å². The van der Waals surface area contributed by atoms with Crippen LogP contribution in [0.3, 0.4) is 0 Å². The number of rotatable bonds is 7. The summed E-state index contributed by atoms with van der Waals surface area (Å²) in [5.74, 6) is -0.0413. The van der Waals surface area contributed by atoms with Crippen molar-refractivity contribution < 1.29 is 9.36 Å². The van der Waals surface area contributed by atoms with Crippen molar-refractivity contribution in [2.75, 3.05) is 25.5 Å². The van der Waals surface area contributed by atoms with E-state index in [0.29, 0.717) is 16.5 Å². The third-order valence-corrected chi connectivity index (χ3v) is 4.51.